The molecule has 0 atom stereocenters. The minimum Gasteiger partial charge on any atom is -0.394 e. The molecule has 0 aromatic carbocycles. The highest BCUT2D eigenvalue weighted by atomic mass is 16.5. The Hall–Kier alpha value is -0.160. The van der Waals surface area contributed by atoms with Crippen LogP contribution in [0.1, 0.15) is 13.8 Å². The number of rotatable bonds is 7. The predicted octanol–water partition coefficient (Wildman–Crippen LogP) is 0.269. The first-order valence-corrected chi connectivity index (χ1v) is 6.35. The third-order valence-corrected chi connectivity index (χ3v) is 2.88. The summed E-state index contributed by atoms with van der Waals surface area (Å²) >= 11 is 0. The molecule has 0 aromatic rings. The summed E-state index contributed by atoms with van der Waals surface area (Å²) in [6.07, 6.45) is 0. The van der Waals surface area contributed by atoms with Crippen LogP contribution in [0.15, 0.2) is 0 Å². The third kappa shape index (κ3) is 5.80. The number of nitrogens with zero attached hydrogens (tertiary/aromatic N) is 2. The van der Waals surface area contributed by atoms with Crippen LogP contribution in [0.3, 0.4) is 0 Å². The lowest BCUT2D eigenvalue weighted by Gasteiger charge is -2.35. The minimum absolute atomic E-state index is 0.127. The summed E-state index contributed by atoms with van der Waals surface area (Å²) in [5, 5.41) is 8.58. The SMILES string of the molecule is CC(C)CN1CCN(CCOCCO)CC1. The third-order valence-electron chi connectivity index (χ3n) is 2.88. The molecule has 0 spiro atoms. The van der Waals surface area contributed by atoms with Crippen LogP contribution in [-0.4, -0.2) is 74.0 Å². The molecule has 0 saturated carbocycles. The maximum absolute atomic E-state index is 8.58. The molecular formula is C12H26N2O2. The van der Waals surface area contributed by atoms with Crippen molar-refractivity contribution in [2.75, 3.05) is 59.1 Å². The number of hydrogen-bond acceptors (Lipinski definition) is 4. The highest BCUT2D eigenvalue weighted by molar-refractivity contribution is 4.72. The van der Waals surface area contributed by atoms with Crippen molar-refractivity contribution >= 4 is 0 Å². The molecule has 1 aliphatic heterocycles. The Labute approximate surface area is 99.2 Å². The Morgan fingerprint density at radius 3 is 2.25 bits per heavy atom. The van der Waals surface area contributed by atoms with Crippen molar-refractivity contribution in [3.8, 4) is 0 Å². The van der Waals surface area contributed by atoms with Gasteiger partial charge in [-0.2, -0.15) is 0 Å². The molecule has 1 rings (SSSR count). The highest BCUT2D eigenvalue weighted by Crippen LogP contribution is 2.04. The molecule has 4 heteroatoms. The van der Waals surface area contributed by atoms with Crippen LogP contribution in [0.4, 0.5) is 0 Å². The van der Waals surface area contributed by atoms with Gasteiger partial charge in [0.05, 0.1) is 19.8 Å². The first kappa shape index (κ1) is 13.9. The van der Waals surface area contributed by atoms with Gasteiger partial charge in [-0.3, -0.25) is 4.90 Å². The molecule has 96 valence electrons. The fourth-order valence-electron chi connectivity index (χ4n) is 2.07. The molecule has 0 amide bonds. The van der Waals surface area contributed by atoms with Gasteiger partial charge in [0, 0.05) is 39.3 Å². The lowest BCUT2D eigenvalue weighted by Crippen LogP contribution is -2.48. The molecule has 1 N–H and O–H groups in total. The van der Waals surface area contributed by atoms with Gasteiger partial charge in [0.2, 0.25) is 0 Å². The maximum atomic E-state index is 8.58. The van der Waals surface area contributed by atoms with Gasteiger partial charge in [0.25, 0.3) is 0 Å². The van der Waals surface area contributed by atoms with E-state index < -0.39 is 0 Å². The largest absolute Gasteiger partial charge is 0.394 e. The van der Waals surface area contributed by atoms with Crippen LogP contribution in [0.5, 0.6) is 0 Å². The summed E-state index contributed by atoms with van der Waals surface area (Å²) < 4.78 is 5.27. The quantitative estimate of drug-likeness (QED) is 0.637. The van der Waals surface area contributed by atoms with Gasteiger partial charge >= 0.3 is 0 Å². The van der Waals surface area contributed by atoms with Crippen molar-refractivity contribution in [1.29, 1.82) is 0 Å². The van der Waals surface area contributed by atoms with Crippen LogP contribution in [0.2, 0.25) is 0 Å². The van der Waals surface area contributed by atoms with E-state index in [0.29, 0.717) is 6.61 Å². The van der Waals surface area contributed by atoms with Gasteiger partial charge in [-0.05, 0) is 5.92 Å². The number of hydrogen-bond donors (Lipinski definition) is 1. The molecule has 16 heavy (non-hydrogen) atoms. The standard InChI is InChI=1S/C12H26N2O2/c1-12(2)11-14-5-3-13(4-6-14)7-9-16-10-8-15/h12,15H,3-11H2,1-2H3. The lowest BCUT2D eigenvalue weighted by atomic mass is 10.2. The number of aliphatic hydroxyl groups excluding tert-OH is 1. The Bertz CT molecular complexity index is 168. The number of aliphatic hydroxyl groups is 1. The van der Waals surface area contributed by atoms with Crippen LogP contribution < -0.4 is 0 Å². The summed E-state index contributed by atoms with van der Waals surface area (Å²) in [6.45, 7) is 12.7. The van der Waals surface area contributed by atoms with E-state index in [9.17, 15) is 0 Å². The van der Waals surface area contributed by atoms with Crippen molar-refractivity contribution in [3.05, 3.63) is 0 Å². The molecule has 1 fully saturated rings. The van der Waals surface area contributed by atoms with Gasteiger partial charge < -0.3 is 14.7 Å². The zero-order valence-corrected chi connectivity index (χ0v) is 10.7. The van der Waals surface area contributed by atoms with Crippen molar-refractivity contribution in [2.24, 2.45) is 5.92 Å². The number of piperazine rings is 1. The molecule has 1 heterocycles. The molecule has 4 nitrogen and oxygen atoms in total. The average Bonchev–Trinajstić information content (AvgIpc) is 2.26. The van der Waals surface area contributed by atoms with E-state index in [-0.39, 0.29) is 6.61 Å². The molecular weight excluding hydrogens is 204 g/mol. The van der Waals surface area contributed by atoms with Crippen molar-refractivity contribution in [2.45, 2.75) is 13.8 Å². The predicted molar refractivity (Wildman–Crippen MR) is 65.6 cm³/mol. The van der Waals surface area contributed by atoms with E-state index in [2.05, 4.69) is 23.6 Å². The van der Waals surface area contributed by atoms with Crippen molar-refractivity contribution < 1.29 is 9.84 Å². The second-order valence-corrected chi connectivity index (χ2v) is 4.87. The fraction of sp³-hybridized carbons (Fsp3) is 1.00. The Kier molecular flexibility index (Phi) is 6.96. The van der Waals surface area contributed by atoms with Gasteiger partial charge in [0.15, 0.2) is 0 Å². The smallest absolute Gasteiger partial charge is 0.0698 e. The van der Waals surface area contributed by atoms with Crippen molar-refractivity contribution in [1.82, 2.24) is 9.80 Å². The molecule has 0 unspecified atom stereocenters. The Morgan fingerprint density at radius 1 is 1.06 bits per heavy atom. The molecule has 1 saturated heterocycles. The first-order valence-electron chi connectivity index (χ1n) is 6.35. The fourth-order valence-corrected chi connectivity index (χ4v) is 2.07. The average molecular weight is 230 g/mol. The second-order valence-electron chi connectivity index (χ2n) is 4.87. The summed E-state index contributed by atoms with van der Waals surface area (Å²) in [6, 6.07) is 0. The van der Waals surface area contributed by atoms with Crippen LogP contribution in [0.25, 0.3) is 0 Å². The lowest BCUT2D eigenvalue weighted by molar-refractivity contribution is 0.0557. The van der Waals surface area contributed by atoms with Crippen LogP contribution >= 0.6 is 0 Å². The first-order chi connectivity index (χ1) is 7.72. The zero-order chi connectivity index (χ0) is 11.8. The minimum atomic E-state index is 0.127. The monoisotopic (exact) mass is 230 g/mol. The summed E-state index contributed by atoms with van der Waals surface area (Å²) in [7, 11) is 0. The van der Waals surface area contributed by atoms with E-state index in [1.54, 1.807) is 0 Å². The van der Waals surface area contributed by atoms with Gasteiger partial charge in [-0.25, -0.2) is 0 Å². The van der Waals surface area contributed by atoms with Crippen LogP contribution in [-0.2, 0) is 4.74 Å². The number of ether oxygens (including phenoxy) is 1. The summed E-state index contributed by atoms with van der Waals surface area (Å²) in [5.74, 6) is 0.763. The molecule has 0 aliphatic carbocycles. The van der Waals surface area contributed by atoms with Crippen molar-refractivity contribution in [3.63, 3.8) is 0 Å². The van der Waals surface area contributed by atoms with E-state index >= 15 is 0 Å². The second kappa shape index (κ2) is 8.01. The maximum Gasteiger partial charge on any atom is 0.0698 e. The summed E-state index contributed by atoms with van der Waals surface area (Å²) in [5.41, 5.74) is 0. The van der Waals surface area contributed by atoms with E-state index in [4.69, 9.17) is 9.84 Å². The Balaban J connectivity index is 2.03. The van der Waals surface area contributed by atoms with Gasteiger partial charge in [-0.15, -0.1) is 0 Å². The van der Waals surface area contributed by atoms with E-state index in [1.165, 1.54) is 19.6 Å². The Morgan fingerprint density at radius 2 is 1.69 bits per heavy atom. The van der Waals surface area contributed by atoms with Gasteiger partial charge in [0.1, 0.15) is 0 Å². The molecule has 0 radical (unpaired) electrons. The molecule has 1 aliphatic rings. The van der Waals surface area contributed by atoms with Crippen LogP contribution in [0, 0.1) is 5.92 Å². The highest BCUT2D eigenvalue weighted by Gasteiger charge is 2.16. The topological polar surface area (TPSA) is 35.9 Å². The molecule has 0 bridgehead atoms. The van der Waals surface area contributed by atoms with Gasteiger partial charge in [-0.1, -0.05) is 13.8 Å². The normalized spacial score (nSPS) is 19.5. The molecule has 0 aromatic heterocycles. The summed E-state index contributed by atoms with van der Waals surface area (Å²) in [4.78, 5) is 4.98. The van der Waals surface area contributed by atoms with E-state index in [1.807, 2.05) is 0 Å². The van der Waals surface area contributed by atoms with E-state index in [0.717, 1.165) is 32.2 Å². The zero-order valence-electron chi connectivity index (χ0n) is 10.7.